The normalized spacial score (nSPS) is 13.0. The number of ether oxygens (including phenoxy) is 2. The van der Waals surface area contributed by atoms with E-state index in [9.17, 15) is 31.2 Å². The maximum Gasteiger partial charge on any atom is 0.426 e. The maximum absolute atomic E-state index is 12.7. The molecule has 0 saturated heterocycles. The van der Waals surface area contributed by atoms with Gasteiger partial charge in [0.05, 0.1) is 20.0 Å². The highest BCUT2D eigenvalue weighted by Crippen LogP contribution is 2.24. The van der Waals surface area contributed by atoms with Crippen LogP contribution in [0, 0.1) is 0 Å². The first-order valence-corrected chi connectivity index (χ1v) is 9.62. The molecule has 0 heterocycles. The number of carbonyl (C=O) groups excluding carboxylic acids is 2. The third-order valence-electron chi connectivity index (χ3n) is 3.49. The lowest BCUT2D eigenvalue weighted by atomic mass is 9.77. The summed E-state index contributed by atoms with van der Waals surface area (Å²) in [4.78, 5) is 23.6. The first-order valence-electron chi connectivity index (χ1n) is 8.01. The number of hydrogen-bond acceptors (Lipinski definition) is 6. The van der Waals surface area contributed by atoms with Crippen molar-refractivity contribution < 1.29 is 45.2 Å². The Bertz CT molecular complexity index is 859. The Balaban J connectivity index is 2.59. The van der Waals surface area contributed by atoms with Crippen molar-refractivity contribution in [2.45, 2.75) is 31.4 Å². The Hall–Kier alpha value is -1.95. The number of hydrogen-bond donors (Lipinski definition) is 1. The van der Waals surface area contributed by atoms with E-state index < -0.39 is 46.5 Å². The van der Waals surface area contributed by atoms with Crippen LogP contribution in [0.4, 0.5) is 13.2 Å². The summed E-state index contributed by atoms with van der Waals surface area (Å²) in [7, 11) is 11.8. The zero-order chi connectivity index (χ0) is 22.4. The lowest BCUT2D eigenvalue weighted by Gasteiger charge is -2.19. The molecule has 0 bridgehead atoms. The average Bonchev–Trinajstić information content (AvgIpc) is 2.55. The van der Waals surface area contributed by atoms with E-state index in [1.165, 1.54) is 12.1 Å². The molecule has 0 spiro atoms. The van der Waals surface area contributed by atoms with Crippen molar-refractivity contribution in [3.63, 3.8) is 0 Å². The van der Waals surface area contributed by atoms with Gasteiger partial charge in [0.1, 0.15) is 21.4 Å². The van der Waals surface area contributed by atoms with Crippen LogP contribution in [0.1, 0.15) is 28.8 Å². The lowest BCUT2D eigenvalue weighted by Crippen LogP contribution is -2.39. The Labute approximate surface area is 169 Å². The number of esters is 2. The van der Waals surface area contributed by atoms with Gasteiger partial charge in [-0.15, -0.1) is 0 Å². The molecule has 29 heavy (non-hydrogen) atoms. The fraction of sp³-hybridized carbons (Fsp3) is 0.467. The summed E-state index contributed by atoms with van der Waals surface area (Å²) in [5, 5.41) is 0. The summed E-state index contributed by atoms with van der Waals surface area (Å²) in [6, 6.07) is 2.69. The molecule has 152 valence electrons. The monoisotopic (exact) mass is 428 g/mol. The van der Waals surface area contributed by atoms with Crippen LogP contribution in [0.15, 0.2) is 12.1 Å². The van der Waals surface area contributed by atoms with Gasteiger partial charge in [-0.25, -0.2) is 4.79 Å². The second kappa shape index (κ2) is 10.2. The van der Waals surface area contributed by atoms with Crippen molar-refractivity contribution in [2.75, 3.05) is 12.4 Å². The van der Waals surface area contributed by atoms with Gasteiger partial charge < -0.3 is 9.47 Å². The van der Waals surface area contributed by atoms with E-state index in [1.807, 2.05) is 0 Å². The molecule has 1 atom stereocenters. The molecule has 0 aliphatic rings. The summed E-state index contributed by atoms with van der Waals surface area (Å²) in [6.45, 7) is -0.359. The molecule has 7 nitrogen and oxygen atoms in total. The van der Waals surface area contributed by atoms with Gasteiger partial charge in [0, 0.05) is 6.42 Å². The van der Waals surface area contributed by atoms with E-state index in [0.29, 0.717) is 5.56 Å². The molecule has 1 unspecified atom stereocenters. The second-order valence-corrected chi connectivity index (χ2v) is 7.35. The zero-order valence-corrected chi connectivity index (χ0v) is 15.8. The van der Waals surface area contributed by atoms with Crippen molar-refractivity contribution in [1.29, 1.82) is 0 Å². The standard InChI is InChI=1S/C15H14B3F3O7S/c16-6-10-9(4-8(17)5-11(10)18)14(23)27-3-1-2-13(22)28-12(15(19,20)21)7-29(24,25)26/h4-5,12H,1-3,6-7H2,(H,24,25,26). The molecule has 1 rings (SSSR count). The molecule has 1 aromatic rings. The van der Waals surface area contributed by atoms with Crippen LogP contribution in [0.25, 0.3) is 0 Å². The van der Waals surface area contributed by atoms with E-state index in [1.54, 1.807) is 0 Å². The molecule has 1 N–H and O–H groups in total. The minimum absolute atomic E-state index is 0.0119. The van der Waals surface area contributed by atoms with Crippen LogP contribution in [0.3, 0.4) is 0 Å². The quantitative estimate of drug-likeness (QED) is 0.239. The van der Waals surface area contributed by atoms with Crippen molar-refractivity contribution in [1.82, 2.24) is 0 Å². The van der Waals surface area contributed by atoms with Crippen LogP contribution in [0.5, 0.6) is 0 Å². The highest BCUT2D eigenvalue weighted by Gasteiger charge is 2.45. The third-order valence-corrected chi connectivity index (χ3v) is 4.21. The summed E-state index contributed by atoms with van der Waals surface area (Å²) in [5.74, 6) is -4.06. The number of halogens is 3. The van der Waals surface area contributed by atoms with Gasteiger partial charge in [-0.3, -0.25) is 9.35 Å². The summed E-state index contributed by atoms with van der Waals surface area (Å²) < 4.78 is 76.8. The fourth-order valence-corrected chi connectivity index (χ4v) is 2.83. The second-order valence-electron chi connectivity index (χ2n) is 5.85. The minimum Gasteiger partial charge on any atom is -0.462 e. The summed E-state index contributed by atoms with van der Waals surface area (Å²) >= 11 is 0. The van der Waals surface area contributed by atoms with Crippen LogP contribution in [-0.4, -0.2) is 73.1 Å². The SMILES string of the molecule is [B]Cc1c([B])cc([B])cc1C(=O)OCCCC(=O)OC(CS(=O)(=O)O)C(F)(F)F. The fourth-order valence-electron chi connectivity index (χ4n) is 2.19. The first kappa shape index (κ1) is 25.1. The largest absolute Gasteiger partial charge is 0.462 e. The maximum atomic E-state index is 12.7. The molecule has 1 aromatic carbocycles. The average molecular weight is 428 g/mol. The highest BCUT2D eigenvalue weighted by atomic mass is 32.2. The van der Waals surface area contributed by atoms with Gasteiger partial charge in [-0.1, -0.05) is 29.4 Å². The smallest absolute Gasteiger partial charge is 0.426 e. The van der Waals surface area contributed by atoms with Gasteiger partial charge in [-0.05, 0) is 12.0 Å². The van der Waals surface area contributed by atoms with E-state index in [2.05, 4.69) is 4.74 Å². The number of alkyl halides is 3. The van der Waals surface area contributed by atoms with E-state index in [-0.39, 0.29) is 35.8 Å². The molecular formula is C15H14B3F3O7S. The predicted octanol–water partition coefficient (Wildman–Crippen LogP) is -0.758. The van der Waals surface area contributed by atoms with Gasteiger partial charge in [0.25, 0.3) is 10.1 Å². The van der Waals surface area contributed by atoms with Crippen LogP contribution in [-0.2, 0) is 30.7 Å². The molecule has 0 aromatic heterocycles. The van der Waals surface area contributed by atoms with Gasteiger partial charge in [-0.2, -0.15) is 21.6 Å². The van der Waals surface area contributed by atoms with E-state index in [0.717, 1.165) is 0 Å². The number of benzene rings is 1. The predicted molar refractivity (Wildman–Crippen MR) is 98.5 cm³/mol. The van der Waals surface area contributed by atoms with Crippen LogP contribution >= 0.6 is 0 Å². The third kappa shape index (κ3) is 8.52. The van der Waals surface area contributed by atoms with Crippen LogP contribution in [0.2, 0.25) is 0 Å². The molecule has 0 saturated carbocycles. The van der Waals surface area contributed by atoms with Gasteiger partial charge in [0.15, 0.2) is 0 Å². The van der Waals surface area contributed by atoms with Crippen molar-refractivity contribution in [3.05, 3.63) is 23.3 Å². The molecule has 0 fully saturated rings. The number of carbonyl (C=O) groups is 2. The van der Waals surface area contributed by atoms with Crippen molar-refractivity contribution in [3.8, 4) is 0 Å². The summed E-state index contributed by atoms with van der Waals surface area (Å²) in [5.41, 5.74) is 0.673. The highest BCUT2D eigenvalue weighted by molar-refractivity contribution is 7.85. The van der Waals surface area contributed by atoms with Gasteiger partial charge >= 0.3 is 18.1 Å². The van der Waals surface area contributed by atoms with Crippen molar-refractivity contribution >= 4 is 56.5 Å². The summed E-state index contributed by atoms with van der Waals surface area (Å²) in [6.07, 6.45) is -9.10. The Morgan fingerprint density at radius 1 is 1.21 bits per heavy atom. The minimum atomic E-state index is -5.19. The molecular weight excluding hydrogens is 414 g/mol. The Morgan fingerprint density at radius 2 is 1.83 bits per heavy atom. The molecule has 14 heteroatoms. The van der Waals surface area contributed by atoms with Gasteiger partial charge in [0.2, 0.25) is 6.10 Å². The topological polar surface area (TPSA) is 107 Å². The lowest BCUT2D eigenvalue weighted by molar-refractivity contribution is -0.215. The molecule has 0 amide bonds. The molecule has 6 radical (unpaired) electrons. The zero-order valence-electron chi connectivity index (χ0n) is 14.9. The van der Waals surface area contributed by atoms with Crippen molar-refractivity contribution in [2.24, 2.45) is 0 Å². The molecule has 0 aliphatic carbocycles. The Morgan fingerprint density at radius 3 is 2.34 bits per heavy atom. The first-order chi connectivity index (χ1) is 13.2. The molecule has 0 aliphatic heterocycles. The van der Waals surface area contributed by atoms with E-state index >= 15 is 0 Å². The Kier molecular flexibility index (Phi) is 8.82. The number of rotatable bonds is 9. The van der Waals surface area contributed by atoms with Crippen LogP contribution < -0.4 is 10.9 Å². The van der Waals surface area contributed by atoms with E-state index in [4.69, 9.17) is 32.8 Å².